The zero-order valence-electron chi connectivity index (χ0n) is 12.7. The van der Waals surface area contributed by atoms with Crippen molar-refractivity contribution in [2.75, 3.05) is 45.2 Å². The molecule has 1 aliphatic heterocycles. The third-order valence-corrected chi connectivity index (χ3v) is 4.04. The molecule has 1 unspecified atom stereocenters. The number of aryl methyl sites for hydroxylation is 2. The van der Waals surface area contributed by atoms with E-state index in [4.69, 9.17) is 0 Å². The molecule has 0 aliphatic carbocycles. The molecule has 3 nitrogen and oxygen atoms in total. The van der Waals surface area contributed by atoms with Crippen LogP contribution >= 0.6 is 0 Å². The Labute approximate surface area is 117 Å². The molecule has 1 atom stereocenters. The highest BCUT2D eigenvalue weighted by Crippen LogP contribution is 2.20. The molecule has 1 N–H and O–H groups in total. The molecule has 1 aromatic rings. The fourth-order valence-corrected chi connectivity index (χ4v) is 2.89. The van der Waals surface area contributed by atoms with Crippen LogP contribution in [0.2, 0.25) is 0 Å². The Morgan fingerprint density at radius 1 is 1.37 bits per heavy atom. The Morgan fingerprint density at radius 3 is 2.84 bits per heavy atom. The predicted octanol–water partition coefficient (Wildman–Crippen LogP) is 2.03. The van der Waals surface area contributed by atoms with Crippen molar-refractivity contribution in [3.8, 4) is 0 Å². The Balaban J connectivity index is 1.88. The third-order valence-electron chi connectivity index (χ3n) is 4.04. The van der Waals surface area contributed by atoms with Crippen LogP contribution in [0.5, 0.6) is 0 Å². The minimum Gasteiger partial charge on any atom is -0.374 e. The first kappa shape index (κ1) is 14.4. The maximum Gasteiger partial charge on any atom is 0.0393 e. The quantitative estimate of drug-likeness (QED) is 0.895. The number of likely N-dealkylation sites (N-methyl/N-ethyl adjacent to an activating group) is 1. The summed E-state index contributed by atoms with van der Waals surface area (Å²) in [6.45, 7) is 8.91. The largest absolute Gasteiger partial charge is 0.374 e. The second kappa shape index (κ2) is 6.40. The molecule has 106 valence electrons. The van der Waals surface area contributed by atoms with E-state index in [2.05, 4.69) is 61.3 Å². The number of nitrogens with one attached hydrogen (secondary N) is 1. The summed E-state index contributed by atoms with van der Waals surface area (Å²) in [6, 6.07) is 7.33. The van der Waals surface area contributed by atoms with Gasteiger partial charge in [0.25, 0.3) is 0 Å². The van der Waals surface area contributed by atoms with Crippen LogP contribution in [-0.4, -0.2) is 51.2 Å². The van der Waals surface area contributed by atoms with Crippen molar-refractivity contribution in [2.24, 2.45) is 0 Å². The lowest BCUT2D eigenvalue weighted by molar-refractivity contribution is 0.233. The average Bonchev–Trinajstić information content (AvgIpc) is 2.36. The number of hydrogen-bond acceptors (Lipinski definition) is 3. The van der Waals surface area contributed by atoms with E-state index >= 15 is 0 Å². The summed E-state index contributed by atoms with van der Waals surface area (Å²) in [5.41, 5.74) is 4.07. The van der Waals surface area contributed by atoms with Crippen molar-refractivity contribution in [1.29, 1.82) is 0 Å². The fraction of sp³-hybridized carbons (Fsp3) is 0.625. The maximum absolute atomic E-state index is 3.61. The standard InChI is InChI=1S/C16H27N3/c1-13-5-6-16(14(2)11-13)19(4)9-7-15-12-18(3)10-8-17-15/h5-6,11,15,17H,7-10,12H2,1-4H3. The Hall–Kier alpha value is -1.06. The van der Waals surface area contributed by atoms with Crippen molar-refractivity contribution in [3.05, 3.63) is 29.3 Å². The first-order chi connectivity index (χ1) is 9.06. The van der Waals surface area contributed by atoms with Gasteiger partial charge in [-0.3, -0.25) is 0 Å². The molecule has 1 aromatic carbocycles. The van der Waals surface area contributed by atoms with Gasteiger partial charge in [0.2, 0.25) is 0 Å². The Kier molecular flexibility index (Phi) is 4.83. The lowest BCUT2D eigenvalue weighted by Crippen LogP contribution is -2.49. The monoisotopic (exact) mass is 261 g/mol. The highest BCUT2D eigenvalue weighted by Gasteiger charge is 2.16. The summed E-state index contributed by atoms with van der Waals surface area (Å²) < 4.78 is 0. The lowest BCUT2D eigenvalue weighted by Gasteiger charge is -2.32. The van der Waals surface area contributed by atoms with Crippen molar-refractivity contribution in [1.82, 2.24) is 10.2 Å². The Morgan fingerprint density at radius 2 is 2.16 bits per heavy atom. The minimum absolute atomic E-state index is 0.631. The van der Waals surface area contributed by atoms with Gasteiger partial charge in [-0.1, -0.05) is 17.7 Å². The molecule has 0 amide bonds. The second-order valence-electron chi connectivity index (χ2n) is 5.91. The zero-order valence-corrected chi connectivity index (χ0v) is 12.7. The van der Waals surface area contributed by atoms with Gasteiger partial charge in [-0.15, -0.1) is 0 Å². The van der Waals surface area contributed by atoms with E-state index in [-0.39, 0.29) is 0 Å². The molecule has 1 heterocycles. The molecular weight excluding hydrogens is 234 g/mol. The number of rotatable bonds is 4. The van der Waals surface area contributed by atoms with E-state index in [1.54, 1.807) is 0 Å². The molecule has 0 bridgehead atoms. The van der Waals surface area contributed by atoms with Crippen LogP contribution in [0.1, 0.15) is 17.5 Å². The smallest absolute Gasteiger partial charge is 0.0393 e. The summed E-state index contributed by atoms with van der Waals surface area (Å²) >= 11 is 0. The maximum atomic E-state index is 3.61. The minimum atomic E-state index is 0.631. The molecule has 1 aliphatic rings. The summed E-state index contributed by atoms with van der Waals surface area (Å²) in [6.07, 6.45) is 1.20. The van der Waals surface area contributed by atoms with Crippen molar-refractivity contribution in [2.45, 2.75) is 26.3 Å². The van der Waals surface area contributed by atoms with Gasteiger partial charge in [-0.2, -0.15) is 0 Å². The summed E-state index contributed by atoms with van der Waals surface area (Å²) in [5.74, 6) is 0. The van der Waals surface area contributed by atoms with Gasteiger partial charge < -0.3 is 15.1 Å². The number of hydrogen-bond donors (Lipinski definition) is 1. The van der Waals surface area contributed by atoms with E-state index in [1.165, 1.54) is 36.3 Å². The normalized spacial score (nSPS) is 20.5. The summed E-state index contributed by atoms with van der Waals surface area (Å²) in [4.78, 5) is 4.79. The van der Waals surface area contributed by atoms with Gasteiger partial charge >= 0.3 is 0 Å². The van der Waals surface area contributed by atoms with Gasteiger partial charge in [-0.25, -0.2) is 0 Å². The molecule has 1 saturated heterocycles. The Bertz CT molecular complexity index is 416. The SMILES string of the molecule is Cc1ccc(N(C)CCC2CN(C)CCN2)c(C)c1. The van der Waals surface area contributed by atoms with Gasteiger partial charge in [0.15, 0.2) is 0 Å². The van der Waals surface area contributed by atoms with Gasteiger partial charge in [-0.05, 0) is 38.9 Å². The third kappa shape index (κ3) is 3.95. The highest BCUT2D eigenvalue weighted by atomic mass is 15.2. The summed E-state index contributed by atoms with van der Waals surface area (Å²) in [5, 5.41) is 3.61. The molecule has 0 spiro atoms. The van der Waals surface area contributed by atoms with Gasteiger partial charge in [0.1, 0.15) is 0 Å². The second-order valence-corrected chi connectivity index (χ2v) is 5.91. The topological polar surface area (TPSA) is 18.5 Å². The van der Waals surface area contributed by atoms with Crippen LogP contribution in [0.4, 0.5) is 5.69 Å². The number of benzene rings is 1. The molecule has 2 rings (SSSR count). The van der Waals surface area contributed by atoms with Crippen LogP contribution in [0.3, 0.4) is 0 Å². The van der Waals surface area contributed by atoms with Crippen LogP contribution in [0.15, 0.2) is 18.2 Å². The van der Waals surface area contributed by atoms with Gasteiger partial charge in [0, 0.05) is 45.0 Å². The van der Waals surface area contributed by atoms with Crippen molar-refractivity contribution >= 4 is 5.69 Å². The zero-order chi connectivity index (χ0) is 13.8. The average molecular weight is 261 g/mol. The molecule has 1 fully saturated rings. The van der Waals surface area contributed by atoms with E-state index in [1.807, 2.05) is 0 Å². The van der Waals surface area contributed by atoms with Crippen molar-refractivity contribution in [3.63, 3.8) is 0 Å². The van der Waals surface area contributed by atoms with E-state index < -0.39 is 0 Å². The van der Waals surface area contributed by atoms with Gasteiger partial charge in [0.05, 0.1) is 0 Å². The molecule has 0 aromatic heterocycles. The molecule has 19 heavy (non-hydrogen) atoms. The number of anilines is 1. The first-order valence-corrected chi connectivity index (χ1v) is 7.26. The number of nitrogens with zero attached hydrogens (tertiary/aromatic N) is 2. The van der Waals surface area contributed by atoms with Crippen molar-refractivity contribution < 1.29 is 0 Å². The van der Waals surface area contributed by atoms with E-state index in [0.29, 0.717) is 6.04 Å². The summed E-state index contributed by atoms with van der Waals surface area (Å²) in [7, 11) is 4.41. The predicted molar refractivity (Wildman–Crippen MR) is 83.1 cm³/mol. The molecule has 0 radical (unpaired) electrons. The van der Waals surface area contributed by atoms with Crippen LogP contribution in [0.25, 0.3) is 0 Å². The molecular formula is C16H27N3. The highest BCUT2D eigenvalue weighted by molar-refractivity contribution is 5.53. The fourth-order valence-electron chi connectivity index (χ4n) is 2.89. The molecule has 0 saturated carbocycles. The van der Waals surface area contributed by atoms with Crippen LogP contribution in [-0.2, 0) is 0 Å². The van der Waals surface area contributed by atoms with E-state index in [0.717, 1.165) is 13.1 Å². The van der Waals surface area contributed by atoms with Crippen LogP contribution < -0.4 is 10.2 Å². The molecule has 3 heteroatoms. The number of piperazine rings is 1. The first-order valence-electron chi connectivity index (χ1n) is 7.26. The lowest BCUT2D eigenvalue weighted by atomic mass is 10.1. The van der Waals surface area contributed by atoms with Crippen LogP contribution in [0, 0.1) is 13.8 Å². The van der Waals surface area contributed by atoms with E-state index in [9.17, 15) is 0 Å².